The molecule has 0 bridgehead atoms. The molecule has 3 heteroatoms. The summed E-state index contributed by atoms with van der Waals surface area (Å²) < 4.78 is 2.13. The first kappa shape index (κ1) is 12.1. The molecule has 2 aromatic rings. The molecule has 0 aliphatic carbocycles. The lowest BCUT2D eigenvalue weighted by molar-refractivity contribution is 0.264. The van der Waals surface area contributed by atoms with Crippen LogP contribution in [0.15, 0.2) is 18.2 Å². The number of nitrogens with zero attached hydrogens (tertiary/aromatic N) is 2. The molecule has 0 spiro atoms. The van der Waals surface area contributed by atoms with Crippen LogP contribution in [0.5, 0.6) is 0 Å². The monoisotopic (exact) mass is 232 g/mol. The molecule has 1 aromatic carbocycles. The number of aliphatic hydroxyl groups excluding tert-OH is 1. The second-order valence-corrected chi connectivity index (χ2v) is 5.01. The van der Waals surface area contributed by atoms with E-state index in [0.29, 0.717) is 5.92 Å². The van der Waals surface area contributed by atoms with Crippen molar-refractivity contribution < 1.29 is 5.11 Å². The molecule has 0 atom stereocenters. The SMILES string of the molecule is Cc1ccc2c(c1)nc(CO)n2CCC(C)C. The Morgan fingerprint density at radius 3 is 2.76 bits per heavy atom. The maximum Gasteiger partial charge on any atom is 0.135 e. The molecule has 0 amide bonds. The van der Waals surface area contributed by atoms with E-state index in [1.807, 2.05) is 0 Å². The summed E-state index contributed by atoms with van der Waals surface area (Å²) in [7, 11) is 0. The summed E-state index contributed by atoms with van der Waals surface area (Å²) in [5.74, 6) is 1.43. The second kappa shape index (κ2) is 4.88. The van der Waals surface area contributed by atoms with Gasteiger partial charge in [-0.2, -0.15) is 0 Å². The van der Waals surface area contributed by atoms with E-state index in [1.165, 1.54) is 5.56 Å². The van der Waals surface area contributed by atoms with Crippen molar-refractivity contribution in [2.45, 2.75) is 40.3 Å². The Morgan fingerprint density at radius 1 is 1.35 bits per heavy atom. The third-order valence-electron chi connectivity index (χ3n) is 3.05. The first-order chi connectivity index (χ1) is 8.11. The van der Waals surface area contributed by atoms with Gasteiger partial charge < -0.3 is 9.67 Å². The second-order valence-electron chi connectivity index (χ2n) is 5.01. The summed E-state index contributed by atoms with van der Waals surface area (Å²) in [6, 6.07) is 6.26. The smallest absolute Gasteiger partial charge is 0.135 e. The van der Waals surface area contributed by atoms with Crippen LogP contribution in [-0.2, 0) is 13.2 Å². The molecule has 0 saturated heterocycles. The number of fused-ring (bicyclic) bond motifs is 1. The fourth-order valence-electron chi connectivity index (χ4n) is 2.05. The molecule has 0 unspecified atom stereocenters. The topological polar surface area (TPSA) is 38.1 Å². The molecule has 3 nitrogen and oxygen atoms in total. The van der Waals surface area contributed by atoms with E-state index < -0.39 is 0 Å². The van der Waals surface area contributed by atoms with Gasteiger partial charge in [0.05, 0.1) is 11.0 Å². The van der Waals surface area contributed by atoms with Crippen LogP contribution in [0, 0.1) is 12.8 Å². The number of rotatable bonds is 4. The van der Waals surface area contributed by atoms with Gasteiger partial charge in [-0.05, 0) is 37.0 Å². The standard InChI is InChI=1S/C14H20N2O/c1-10(2)6-7-16-13-5-4-11(3)8-12(13)15-14(16)9-17/h4-5,8,10,17H,6-7,9H2,1-3H3. The maximum absolute atomic E-state index is 9.37. The van der Waals surface area contributed by atoms with E-state index in [4.69, 9.17) is 0 Å². The van der Waals surface area contributed by atoms with Crippen LogP contribution in [0.25, 0.3) is 11.0 Å². The van der Waals surface area contributed by atoms with Gasteiger partial charge in [-0.3, -0.25) is 0 Å². The van der Waals surface area contributed by atoms with Crippen molar-refractivity contribution in [1.82, 2.24) is 9.55 Å². The number of aromatic nitrogens is 2. The largest absolute Gasteiger partial charge is 0.388 e. The van der Waals surface area contributed by atoms with E-state index in [9.17, 15) is 5.11 Å². The van der Waals surface area contributed by atoms with Crippen molar-refractivity contribution in [3.05, 3.63) is 29.6 Å². The van der Waals surface area contributed by atoms with Crippen LogP contribution >= 0.6 is 0 Å². The third kappa shape index (κ3) is 2.50. The Morgan fingerprint density at radius 2 is 2.12 bits per heavy atom. The highest BCUT2D eigenvalue weighted by molar-refractivity contribution is 5.76. The number of hydrogen-bond donors (Lipinski definition) is 1. The molecule has 0 radical (unpaired) electrons. The highest BCUT2D eigenvalue weighted by Gasteiger charge is 2.10. The minimum atomic E-state index is 0.00578. The van der Waals surface area contributed by atoms with Gasteiger partial charge in [0.2, 0.25) is 0 Å². The Labute approximate surface area is 102 Å². The number of aryl methyl sites for hydroxylation is 2. The molecule has 0 aliphatic rings. The van der Waals surface area contributed by atoms with Gasteiger partial charge in [0.1, 0.15) is 12.4 Å². The molecule has 2 rings (SSSR count). The van der Waals surface area contributed by atoms with E-state index in [2.05, 4.69) is 48.5 Å². The number of benzene rings is 1. The first-order valence-corrected chi connectivity index (χ1v) is 6.18. The molecule has 1 heterocycles. The minimum Gasteiger partial charge on any atom is -0.388 e. The Hall–Kier alpha value is -1.35. The molecule has 1 aromatic heterocycles. The zero-order chi connectivity index (χ0) is 12.4. The molecule has 92 valence electrons. The third-order valence-corrected chi connectivity index (χ3v) is 3.05. The summed E-state index contributed by atoms with van der Waals surface area (Å²) in [5.41, 5.74) is 3.31. The van der Waals surface area contributed by atoms with Gasteiger partial charge in [0, 0.05) is 6.54 Å². The van der Waals surface area contributed by atoms with Crippen molar-refractivity contribution in [1.29, 1.82) is 0 Å². The summed E-state index contributed by atoms with van der Waals surface area (Å²) in [5, 5.41) is 9.37. The lowest BCUT2D eigenvalue weighted by Gasteiger charge is -2.09. The van der Waals surface area contributed by atoms with Gasteiger partial charge in [-0.25, -0.2) is 4.98 Å². The molecule has 0 saturated carbocycles. The first-order valence-electron chi connectivity index (χ1n) is 6.18. The summed E-state index contributed by atoms with van der Waals surface area (Å²) in [6.45, 7) is 7.41. The van der Waals surface area contributed by atoms with E-state index in [0.717, 1.165) is 29.8 Å². The van der Waals surface area contributed by atoms with Gasteiger partial charge in [-0.15, -0.1) is 0 Å². The summed E-state index contributed by atoms with van der Waals surface area (Å²) >= 11 is 0. The predicted molar refractivity (Wildman–Crippen MR) is 69.8 cm³/mol. The Bertz CT molecular complexity index is 514. The normalized spacial score (nSPS) is 11.6. The van der Waals surface area contributed by atoms with Gasteiger partial charge >= 0.3 is 0 Å². The predicted octanol–water partition coefficient (Wildman–Crippen LogP) is 2.88. The van der Waals surface area contributed by atoms with Gasteiger partial charge in [0.15, 0.2) is 0 Å². The fourth-order valence-corrected chi connectivity index (χ4v) is 2.05. The lowest BCUT2D eigenvalue weighted by Crippen LogP contribution is -2.06. The Balaban J connectivity index is 2.43. The molecule has 17 heavy (non-hydrogen) atoms. The number of hydrogen-bond acceptors (Lipinski definition) is 2. The van der Waals surface area contributed by atoms with Crippen molar-refractivity contribution >= 4 is 11.0 Å². The molecule has 0 fully saturated rings. The average Bonchev–Trinajstić information content (AvgIpc) is 2.63. The minimum absolute atomic E-state index is 0.00578. The van der Waals surface area contributed by atoms with Crippen molar-refractivity contribution in [3.63, 3.8) is 0 Å². The summed E-state index contributed by atoms with van der Waals surface area (Å²) in [6.07, 6.45) is 1.10. The van der Waals surface area contributed by atoms with Gasteiger partial charge in [-0.1, -0.05) is 19.9 Å². The van der Waals surface area contributed by atoms with Crippen LogP contribution in [0.3, 0.4) is 0 Å². The zero-order valence-electron chi connectivity index (χ0n) is 10.8. The molecular weight excluding hydrogens is 212 g/mol. The summed E-state index contributed by atoms with van der Waals surface area (Å²) in [4.78, 5) is 4.48. The highest BCUT2D eigenvalue weighted by Crippen LogP contribution is 2.19. The van der Waals surface area contributed by atoms with E-state index in [-0.39, 0.29) is 6.61 Å². The lowest BCUT2D eigenvalue weighted by atomic mass is 10.1. The molecule has 0 aliphatic heterocycles. The van der Waals surface area contributed by atoms with Crippen LogP contribution in [0.1, 0.15) is 31.7 Å². The van der Waals surface area contributed by atoms with Gasteiger partial charge in [0.25, 0.3) is 0 Å². The maximum atomic E-state index is 9.37. The quantitative estimate of drug-likeness (QED) is 0.880. The van der Waals surface area contributed by atoms with Crippen molar-refractivity contribution in [2.24, 2.45) is 5.92 Å². The van der Waals surface area contributed by atoms with Crippen LogP contribution in [0.2, 0.25) is 0 Å². The van der Waals surface area contributed by atoms with E-state index >= 15 is 0 Å². The number of imidazole rings is 1. The molecular formula is C14H20N2O. The fraction of sp³-hybridized carbons (Fsp3) is 0.500. The van der Waals surface area contributed by atoms with Crippen molar-refractivity contribution in [2.75, 3.05) is 0 Å². The van der Waals surface area contributed by atoms with Crippen LogP contribution in [-0.4, -0.2) is 14.7 Å². The zero-order valence-corrected chi connectivity index (χ0v) is 10.8. The van der Waals surface area contributed by atoms with Crippen LogP contribution in [0.4, 0.5) is 0 Å². The van der Waals surface area contributed by atoms with Crippen molar-refractivity contribution in [3.8, 4) is 0 Å². The average molecular weight is 232 g/mol. The number of aliphatic hydroxyl groups is 1. The highest BCUT2D eigenvalue weighted by atomic mass is 16.3. The molecule has 1 N–H and O–H groups in total. The Kier molecular flexibility index (Phi) is 3.48. The van der Waals surface area contributed by atoms with Crippen LogP contribution < -0.4 is 0 Å². The van der Waals surface area contributed by atoms with E-state index in [1.54, 1.807) is 0 Å².